The lowest BCUT2D eigenvalue weighted by molar-refractivity contribution is 0.102. The summed E-state index contributed by atoms with van der Waals surface area (Å²) in [6.45, 7) is 0.764. The molecule has 4 rings (SSSR count). The zero-order valence-corrected chi connectivity index (χ0v) is 15.1. The van der Waals surface area contributed by atoms with E-state index in [-0.39, 0.29) is 12.7 Å². The van der Waals surface area contributed by atoms with E-state index in [1.54, 1.807) is 31.4 Å². The first-order chi connectivity index (χ1) is 13.7. The number of rotatable bonds is 6. The van der Waals surface area contributed by atoms with E-state index in [1.807, 2.05) is 18.2 Å². The van der Waals surface area contributed by atoms with Crippen molar-refractivity contribution >= 4 is 17.5 Å². The molecule has 2 heterocycles. The molecular weight excluding hydrogens is 360 g/mol. The van der Waals surface area contributed by atoms with Gasteiger partial charge in [-0.3, -0.25) is 4.79 Å². The molecule has 3 aromatic rings. The molecule has 0 saturated carbocycles. The topological polar surface area (TPSA) is 94.6 Å². The lowest BCUT2D eigenvalue weighted by atomic mass is 10.2. The van der Waals surface area contributed by atoms with Crippen LogP contribution in [0.25, 0.3) is 0 Å². The third-order valence-corrected chi connectivity index (χ3v) is 4.13. The highest BCUT2D eigenvalue weighted by Crippen LogP contribution is 2.32. The predicted octanol–water partition coefficient (Wildman–Crippen LogP) is 3.08. The molecule has 1 amide bonds. The number of ether oxygens (including phenoxy) is 3. The summed E-state index contributed by atoms with van der Waals surface area (Å²) in [7, 11) is 1.57. The molecule has 0 spiro atoms. The molecule has 2 N–H and O–H groups in total. The molecule has 0 aliphatic carbocycles. The zero-order chi connectivity index (χ0) is 19.3. The Hall–Kier alpha value is -3.81. The highest BCUT2D eigenvalue weighted by Gasteiger charge is 2.13. The maximum absolute atomic E-state index is 12.3. The Bertz CT molecular complexity index is 992. The highest BCUT2D eigenvalue weighted by molar-refractivity contribution is 6.03. The van der Waals surface area contributed by atoms with Gasteiger partial charge in [-0.1, -0.05) is 12.1 Å². The first-order valence-corrected chi connectivity index (χ1v) is 8.61. The molecule has 0 bridgehead atoms. The summed E-state index contributed by atoms with van der Waals surface area (Å²) in [6, 6.07) is 12.8. The monoisotopic (exact) mass is 378 g/mol. The van der Waals surface area contributed by atoms with Crippen LogP contribution >= 0.6 is 0 Å². The molecule has 1 aromatic heterocycles. The third kappa shape index (κ3) is 3.96. The summed E-state index contributed by atoms with van der Waals surface area (Å²) >= 11 is 0. The number of hydrogen-bond donors (Lipinski definition) is 2. The average molecular weight is 378 g/mol. The van der Waals surface area contributed by atoms with Crippen molar-refractivity contribution in [2.45, 2.75) is 6.54 Å². The number of nitrogens with one attached hydrogen (secondary N) is 2. The van der Waals surface area contributed by atoms with E-state index < -0.39 is 0 Å². The number of carbonyl (C=O) groups is 1. The fraction of sp³-hybridized carbons (Fsp3) is 0.150. The van der Waals surface area contributed by atoms with E-state index in [0.29, 0.717) is 29.5 Å². The predicted molar refractivity (Wildman–Crippen MR) is 103 cm³/mol. The molecule has 8 heteroatoms. The number of hydrogen-bond acceptors (Lipinski definition) is 7. The van der Waals surface area contributed by atoms with Gasteiger partial charge in [-0.2, -0.15) is 0 Å². The largest absolute Gasteiger partial charge is 0.497 e. The molecule has 8 nitrogen and oxygen atoms in total. The van der Waals surface area contributed by atoms with Crippen molar-refractivity contribution in [2.75, 3.05) is 24.5 Å². The van der Waals surface area contributed by atoms with Gasteiger partial charge < -0.3 is 24.8 Å². The smallest absolute Gasteiger partial charge is 0.258 e. The number of methoxy groups -OCH3 is 1. The van der Waals surface area contributed by atoms with Gasteiger partial charge in [0.1, 0.15) is 5.75 Å². The standard InChI is InChI=1S/C20H18N4O4/c1-26-16-4-2-3-15(8-16)24-19(25)14-10-22-20(23-11-14)21-9-13-5-6-17-18(7-13)28-12-27-17/h2-8,10-11H,9,12H2,1H3,(H,24,25)(H,21,22,23). The van der Waals surface area contributed by atoms with Gasteiger partial charge in [-0.05, 0) is 29.8 Å². The zero-order valence-electron chi connectivity index (χ0n) is 15.1. The van der Waals surface area contributed by atoms with Crippen LogP contribution in [0.3, 0.4) is 0 Å². The van der Waals surface area contributed by atoms with Crippen LogP contribution in [-0.2, 0) is 6.54 Å². The van der Waals surface area contributed by atoms with Crippen molar-refractivity contribution in [3.8, 4) is 17.2 Å². The second kappa shape index (κ2) is 7.83. The van der Waals surface area contributed by atoms with E-state index >= 15 is 0 Å². The van der Waals surface area contributed by atoms with Crippen LogP contribution in [-0.4, -0.2) is 29.8 Å². The summed E-state index contributed by atoms with van der Waals surface area (Å²) in [5, 5.41) is 5.91. The van der Waals surface area contributed by atoms with E-state index in [0.717, 1.165) is 17.1 Å². The van der Waals surface area contributed by atoms with Gasteiger partial charge in [0, 0.05) is 30.7 Å². The Labute approximate surface area is 161 Å². The molecule has 0 atom stereocenters. The Kier molecular flexibility index (Phi) is 4.92. The van der Waals surface area contributed by atoms with Gasteiger partial charge in [0.15, 0.2) is 11.5 Å². The van der Waals surface area contributed by atoms with E-state index in [4.69, 9.17) is 14.2 Å². The number of nitrogens with zero attached hydrogens (tertiary/aromatic N) is 2. The molecule has 0 saturated heterocycles. The maximum atomic E-state index is 12.3. The quantitative estimate of drug-likeness (QED) is 0.681. The van der Waals surface area contributed by atoms with Crippen molar-refractivity contribution in [3.63, 3.8) is 0 Å². The molecule has 2 aromatic carbocycles. The second-order valence-electron chi connectivity index (χ2n) is 6.02. The summed E-state index contributed by atoms with van der Waals surface area (Å²) < 4.78 is 15.8. The molecule has 142 valence electrons. The Morgan fingerprint density at radius 3 is 2.75 bits per heavy atom. The van der Waals surface area contributed by atoms with E-state index in [9.17, 15) is 4.79 Å². The number of benzene rings is 2. The molecule has 0 unspecified atom stereocenters. The normalized spacial score (nSPS) is 11.8. The number of anilines is 2. The summed E-state index contributed by atoms with van der Waals surface area (Å²) in [6.07, 6.45) is 2.95. The minimum Gasteiger partial charge on any atom is -0.497 e. The molecule has 0 fully saturated rings. The van der Waals surface area contributed by atoms with Crippen molar-refractivity contribution in [1.29, 1.82) is 0 Å². The highest BCUT2D eigenvalue weighted by atomic mass is 16.7. The minimum atomic E-state index is -0.296. The Balaban J connectivity index is 1.36. The van der Waals surface area contributed by atoms with Crippen molar-refractivity contribution in [3.05, 3.63) is 66.0 Å². The number of fused-ring (bicyclic) bond motifs is 1. The average Bonchev–Trinajstić information content (AvgIpc) is 3.20. The minimum absolute atomic E-state index is 0.245. The number of aromatic nitrogens is 2. The molecule has 1 aliphatic heterocycles. The van der Waals surface area contributed by atoms with Gasteiger partial charge in [-0.15, -0.1) is 0 Å². The number of amides is 1. The van der Waals surface area contributed by atoms with Crippen LogP contribution in [0.1, 0.15) is 15.9 Å². The second-order valence-corrected chi connectivity index (χ2v) is 6.02. The van der Waals surface area contributed by atoms with Crippen LogP contribution in [0, 0.1) is 0 Å². The SMILES string of the molecule is COc1cccc(NC(=O)c2cnc(NCc3ccc4c(c3)OCO4)nc2)c1. The van der Waals surface area contributed by atoms with E-state index in [2.05, 4.69) is 20.6 Å². The van der Waals surface area contributed by atoms with Crippen LogP contribution in [0.2, 0.25) is 0 Å². The summed E-state index contributed by atoms with van der Waals surface area (Å²) in [5.74, 6) is 2.26. The van der Waals surface area contributed by atoms with Crippen LogP contribution in [0.5, 0.6) is 17.2 Å². The maximum Gasteiger partial charge on any atom is 0.258 e. The van der Waals surface area contributed by atoms with Gasteiger partial charge in [0.2, 0.25) is 12.7 Å². The summed E-state index contributed by atoms with van der Waals surface area (Å²) in [4.78, 5) is 20.7. The van der Waals surface area contributed by atoms with Gasteiger partial charge >= 0.3 is 0 Å². The van der Waals surface area contributed by atoms with Gasteiger partial charge in [0.25, 0.3) is 5.91 Å². The third-order valence-electron chi connectivity index (χ3n) is 4.13. The van der Waals surface area contributed by atoms with Crippen LogP contribution in [0.4, 0.5) is 11.6 Å². The Morgan fingerprint density at radius 2 is 1.93 bits per heavy atom. The molecule has 1 aliphatic rings. The first-order valence-electron chi connectivity index (χ1n) is 8.61. The molecular formula is C20H18N4O4. The fourth-order valence-electron chi connectivity index (χ4n) is 2.67. The molecule has 0 radical (unpaired) electrons. The number of carbonyl (C=O) groups excluding carboxylic acids is 1. The van der Waals surface area contributed by atoms with Crippen molar-refractivity contribution < 1.29 is 19.0 Å². The van der Waals surface area contributed by atoms with Gasteiger partial charge in [0.05, 0.1) is 12.7 Å². The first kappa shape index (κ1) is 17.6. The lowest BCUT2D eigenvalue weighted by Crippen LogP contribution is -2.13. The van der Waals surface area contributed by atoms with Crippen LogP contribution in [0.15, 0.2) is 54.9 Å². The van der Waals surface area contributed by atoms with Crippen LogP contribution < -0.4 is 24.8 Å². The lowest BCUT2D eigenvalue weighted by Gasteiger charge is -2.08. The van der Waals surface area contributed by atoms with E-state index in [1.165, 1.54) is 12.4 Å². The van der Waals surface area contributed by atoms with Gasteiger partial charge in [-0.25, -0.2) is 9.97 Å². The fourth-order valence-corrected chi connectivity index (χ4v) is 2.67. The van der Waals surface area contributed by atoms with Crippen molar-refractivity contribution in [1.82, 2.24) is 9.97 Å². The summed E-state index contributed by atoms with van der Waals surface area (Å²) in [5.41, 5.74) is 2.00. The molecule has 28 heavy (non-hydrogen) atoms. The van der Waals surface area contributed by atoms with Crippen molar-refractivity contribution in [2.24, 2.45) is 0 Å². The Morgan fingerprint density at radius 1 is 1.11 bits per heavy atom.